The monoisotopic (exact) mass is 436 g/mol. The molecule has 3 aromatic rings. The Morgan fingerprint density at radius 2 is 1.57 bits per heavy atom. The topological polar surface area (TPSA) is 75.2 Å². The quantitative estimate of drug-likeness (QED) is 0.649. The van der Waals surface area contributed by atoms with Crippen LogP contribution in [0.3, 0.4) is 0 Å². The van der Waals surface area contributed by atoms with E-state index in [2.05, 4.69) is 15.3 Å². The molecular weight excluding hydrogens is 417 g/mol. The maximum atomic E-state index is 13.2. The predicted octanol–water partition coefficient (Wildman–Crippen LogP) is 4.57. The molecule has 0 aliphatic carbocycles. The van der Waals surface area contributed by atoms with Gasteiger partial charge in [-0.15, -0.1) is 0 Å². The number of rotatable bonds is 4. The van der Waals surface area contributed by atoms with Crippen LogP contribution in [0.5, 0.6) is 0 Å². The summed E-state index contributed by atoms with van der Waals surface area (Å²) >= 11 is 0. The molecule has 2 aromatic carbocycles. The van der Waals surface area contributed by atoms with Crippen LogP contribution in [0.15, 0.2) is 53.4 Å². The van der Waals surface area contributed by atoms with Gasteiger partial charge in [0, 0.05) is 24.2 Å². The zero-order valence-electron chi connectivity index (χ0n) is 15.9. The molecule has 0 atom stereocenters. The molecule has 0 radical (unpaired) electrons. The Hall–Kier alpha value is -2.72. The Bertz CT molecular complexity index is 1160. The fourth-order valence-electron chi connectivity index (χ4n) is 3.40. The normalized spacial score (nSPS) is 16.0. The van der Waals surface area contributed by atoms with E-state index in [1.54, 1.807) is 18.2 Å². The van der Waals surface area contributed by atoms with Crippen molar-refractivity contribution in [2.45, 2.75) is 30.3 Å². The summed E-state index contributed by atoms with van der Waals surface area (Å²) in [7, 11) is -3.58. The standard InChI is InChI=1S/C20H19F3N4O2S/c21-20(22,23)19-25-17-7-3-2-6-16(17)18(26-19)24-14-8-10-15(11-9-14)30(28,29)27-12-4-1-5-13-27/h2-3,6-11H,1,4-5,12-13H2,(H,24,25,26). The second-order valence-corrected chi connectivity index (χ2v) is 8.96. The minimum absolute atomic E-state index is 0.000405. The van der Waals surface area contributed by atoms with Crippen molar-refractivity contribution < 1.29 is 21.6 Å². The SMILES string of the molecule is O=S(=O)(c1ccc(Nc2nc(C(F)(F)F)nc3ccccc23)cc1)N1CCCCC1. The zero-order chi connectivity index (χ0) is 21.4. The maximum absolute atomic E-state index is 13.2. The highest BCUT2D eigenvalue weighted by Gasteiger charge is 2.35. The number of piperidine rings is 1. The zero-order valence-corrected chi connectivity index (χ0v) is 16.7. The van der Waals surface area contributed by atoms with Crippen molar-refractivity contribution in [2.24, 2.45) is 0 Å². The Balaban J connectivity index is 1.64. The van der Waals surface area contributed by atoms with Crippen molar-refractivity contribution >= 4 is 32.4 Å². The van der Waals surface area contributed by atoms with Gasteiger partial charge < -0.3 is 5.32 Å². The molecule has 0 bridgehead atoms. The minimum atomic E-state index is -4.69. The van der Waals surface area contributed by atoms with Gasteiger partial charge in [0.25, 0.3) is 0 Å². The van der Waals surface area contributed by atoms with Gasteiger partial charge in [0.2, 0.25) is 15.8 Å². The molecule has 1 saturated heterocycles. The van der Waals surface area contributed by atoms with E-state index in [1.165, 1.54) is 34.6 Å². The number of nitrogens with one attached hydrogen (secondary N) is 1. The van der Waals surface area contributed by atoms with Crippen molar-refractivity contribution in [3.63, 3.8) is 0 Å². The number of anilines is 2. The highest BCUT2D eigenvalue weighted by Crippen LogP contribution is 2.31. The fraction of sp³-hybridized carbons (Fsp3) is 0.300. The molecule has 158 valence electrons. The first kappa shape index (κ1) is 20.5. The first-order chi connectivity index (χ1) is 14.2. The van der Waals surface area contributed by atoms with E-state index in [1.807, 2.05) is 0 Å². The molecular formula is C20H19F3N4O2S. The number of sulfonamides is 1. The molecule has 6 nitrogen and oxygen atoms in total. The number of hydrogen-bond donors (Lipinski definition) is 1. The lowest BCUT2D eigenvalue weighted by atomic mass is 10.2. The third kappa shape index (κ3) is 4.10. The Labute approximate surface area is 171 Å². The van der Waals surface area contributed by atoms with Gasteiger partial charge in [-0.25, -0.2) is 18.4 Å². The van der Waals surface area contributed by atoms with Crippen molar-refractivity contribution in [2.75, 3.05) is 18.4 Å². The van der Waals surface area contributed by atoms with Gasteiger partial charge >= 0.3 is 6.18 Å². The van der Waals surface area contributed by atoms with E-state index in [0.29, 0.717) is 24.2 Å². The van der Waals surface area contributed by atoms with Crippen molar-refractivity contribution in [3.8, 4) is 0 Å². The summed E-state index contributed by atoms with van der Waals surface area (Å²) in [5.74, 6) is -1.24. The molecule has 2 heterocycles. The van der Waals surface area contributed by atoms with Crippen LogP contribution in [0, 0.1) is 0 Å². The minimum Gasteiger partial charge on any atom is -0.340 e. The van der Waals surface area contributed by atoms with Gasteiger partial charge in [0.1, 0.15) is 5.82 Å². The molecule has 0 spiro atoms. The van der Waals surface area contributed by atoms with Crippen LogP contribution < -0.4 is 5.32 Å². The lowest BCUT2D eigenvalue weighted by Crippen LogP contribution is -2.35. The first-order valence-corrected chi connectivity index (χ1v) is 10.9. The number of benzene rings is 2. The summed E-state index contributed by atoms with van der Waals surface area (Å²) in [6, 6.07) is 12.3. The number of fused-ring (bicyclic) bond motifs is 1. The van der Waals surface area contributed by atoms with Gasteiger partial charge in [-0.1, -0.05) is 18.6 Å². The van der Waals surface area contributed by atoms with Gasteiger partial charge in [-0.05, 0) is 49.2 Å². The van der Waals surface area contributed by atoms with Crippen LogP contribution in [-0.4, -0.2) is 35.8 Å². The van der Waals surface area contributed by atoms with E-state index in [9.17, 15) is 21.6 Å². The van der Waals surface area contributed by atoms with E-state index in [4.69, 9.17) is 0 Å². The van der Waals surface area contributed by atoms with Crippen molar-refractivity contribution in [1.29, 1.82) is 0 Å². The van der Waals surface area contributed by atoms with Crippen molar-refractivity contribution in [3.05, 3.63) is 54.4 Å². The number of alkyl halides is 3. The molecule has 1 aromatic heterocycles. The van der Waals surface area contributed by atoms with Crippen LogP contribution in [-0.2, 0) is 16.2 Å². The number of para-hydroxylation sites is 1. The summed E-state index contributed by atoms with van der Waals surface area (Å²) in [6.07, 6.45) is -2.00. The number of halogens is 3. The highest BCUT2D eigenvalue weighted by atomic mass is 32.2. The summed E-state index contributed by atoms with van der Waals surface area (Å²) in [5, 5.41) is 3.28. The summed E-state index contributed by atoms with van der Waals surface area (Å²) in [4.78, 5) is 7.38. The Kier molecular flexibility index (Phi) is 5.37. The lowest BCUT2D eigenvalue weighted by molar-refractivity contribution is -0.144. The smallest absolute Gasteiger partial charge is 0.340 e. The predicted molar refractivity (Wildman–Crippen MR) is 107 cm³/mol. The van der Waals surface area contributed by atoms with Crippen molar-refractivity contribution in [1.82, 2.24) is 14.3 Å². The summed E-state index contributed by atoms with van der Waals surface area (Å²) < 4.78 is 66.5. The average molecular weight is 436 g/mol. The molecule has 1 aliphatic heterocycles. The lowest BCUT2D eigenvalue weighted by Gasteiger charge is -2.25. The van der Waals surface area contributed by atoms with E-state index in [-0.39, 0.29) is 16.2 Å². The van der Waals surface area contributed by atoms with E-state index in [0.717, 1.165) is 19.3 Å². The second-order valence-electron chi connectivity index (χ2n) is 7.02. The summed E-state index contributed by atoms with van der Waals surface area (Å²) in [5.41, 5.74) is 0.580. The molecule has 30 heavy (non-hydrogen) atoms. The molecule has 0 amide bonds. The molecule has 1 aliphatic rings. The van der Waals surface area contributed by atoms with E-state index < -0.39 is 22.0 Å². The number of hydrogen-bond acceptors (Lipinski definition) is 5. The maximum Gasteiger partial charge on any atom is 0.451 e. The van der Waals surface area contributed by atoms with Crippen LogP contribution in [0.1, 0.15) is 25.1 Å². The molecule has 0 saturated carbocycles. The molecule has 0 unspecified atom stereocenters. The van der Waals surface area contributed by atoms with Crippen LogP contribution in [0.4, 0.5) is 24.7 Å². The van der Waals surface area contributed by atoms with Gasteiger partial charge in [0.15, 0.2) is 0 Å². The molecule has 1 N–H and O–H groups in total. The number of aromatic nitrogens is 2. The van der Waals surface area contributed by atoms with Gasteiger partial charge in [-0.2, -0.15) is 17.5 Å². The van der Waals surface area contributed by atoms with Crippen LogP contribution >= 0.6 is 0 Å². The Morgan fingerprint density at radius 3 is 2.23 bits per heavy atom. The third-order valence-corrected chi connectivity index (χ3v) is 6.84. The Morgan fingerprint density at radius 1 is 0.900 bits per heavy atom. The molecule has 10 heteroatoms. The summed E-state index contributed by atoms with van der Waals surface area (Å²) in [6.45, 7) is 0.991. The highest BCUT2D eigenvalue weighted by molar-refractivity contribution is 7.89. The largest absolute Gasteiger partial charge is 0.451 e. The fourth-order valence-corrected chi connectivity index (χ4v) is 4.92. The first-order valence-electron chi connectivity index (χ1n) is 9.46. The average Bonchev–Trinajstić information content (AvgIpc) is 2.74. The molecule has 1 fully saturated rings. The molecule has 4 rings (SSSR count). The van der Waals surface area contributed by atoms with E-state index >= 15 is 0 Å². The van der Waals surface area contributed by atoms with Crippen LogP contribution in [0.2, 0.25) is 0 Å². The number of nitrogens with zero attached hydrogens (tertiary/aromatic N) is 3. The van der Waals surface area contributed by atoms with Gasteiger partial charge in [-0.3, -0.25) is 0 Å². The second kappa shape index (κ2) is 7.84. The third-order valence-electron chi connectivity index (χ3n) is 4.93. The van der Waals surface area contributed by atoms with Gasteiger partial charge in [0.05, 0.1) is 10.4 Å². The van der Waals surface area contributed by atoms with Crippen LogP contribution in [0.25, 0.3) is 10.9 Å².